The summed E-state index contributed by atoms with van der Waals surface area (Å²) in [6.07, 6.45) is 0. The smallest absolute Gasteiger partial charge is 0.0552 e. The minimum atomic E-state index is -0.0625. The first-order valence-electron chi connectivity index (χ1n) is 5.66. The van der Waals surface area contributed by atoms with Crippen LogP contribution in [0.1, 0.15) is 28.3 Å². The molecule has 0 bridgehead atoms. The minimum absolute atomic E-state index is 0.0625. The topological polar surface area (TPSA) is 26.0 Å². The molecular weight excluding hydrogens is 274 g/mol. The predicted octanol–water partition coefficient (Wildman–Crippen LogP) is 4.11. The third kappa shape index (κ3) is 2.76. The lowest BCUT2D eigenvalue weighted by Gasteiger charge is -2.14. The fourth-order valence-electron chi connectivity index (χ4n) is 1.77. The molecule has 1 nitrogen and oxygen atoms in total. The van der Waals surface area contributed by atoms with Crippen LogP contribution in [0.4, 0.5) is 0 Å². The average molecular weight is 290 g/mol. The Hall–Kier alpha value is -1.12. The van der Waals surface area contributed by atoms with Crippen LogP contribution in [0.15, 0.2) is 46.9 Å². The number of halogens is 1. The molecule has 0 saturated carbocycles. The lowest BCUT2D eigenvalue weighted by Crippen LogP contribution is -2.11. The van der Waals surface area contributed by atoms with Crippen molar-refractivity contribution < 1.29 is 0 Å². The van der Waals surface area contributed by atoms with Crippen molar-refractivity contribution >= 4 is 15.9 Å². The summed E-state index contributed by atoms with van der Waals surface area (Å²) in [4.78, 5) is 0. The van der Waals surface area contributed by atoms with E-state index < -0.39 is 0 Å². The van der Waals surface area contributed by atoms with Gasteiger partial charge in [0.25, 0.3) is 0 Å². The number of hydrogen-bond acceptors (Lipinski definition) is 1. The number of rotatable bonds is 2. The molecule has 88 valence electrons. The van der Waals surface area contributed by atoms with Crippen LogP contribution < -0.4 is 5.73 Å². The fourth-order valence-corrected chi connectivity index (χ4v) is 2.17. The van der Waals surface area contributed by atoms with Gasteiger partial charge in [0.05, 0.1) is 6.04 Å². The van der Waals surface area contributed by atoms with E-state index in [9.17, 15) is 0 Å². The molecule has 2 aromatic rings. The molecule has 0 spiro atoms. The van der Waals surface area contributed by atoms with E-state index in [2.05, 4.69) is 72.2 Å². The number of aryl methyl sites for hydroxylation is 2. The van der Waals surface area contributed by atoms with Crippen LogP contribution in [0.5, 0.6) is 0 Å². The van der Waals surface area contributed by atoms with Gasteiger partial charge < -0.3 is 5.73 Å². The van der Waals surface area contributed by atoms with Crippen LogP contribution in [-0.2, 0) is 0 Å². The van der Waals surface area contributed by atoms with Crippen molar-refractivity contribution in [3.05, 3.63) is 69.2 Å². The highest BCUT2D eigenvalue weighted by atomic mass is 79.9. The van der Waals surface area contributed by atoms with Crippen molar-refractivity contribution in [3.63, 3.8) is 0 Å². The maximum Gasteiger partial charge on any atom is 0.0552 e. The summed E-state index contributed by atoms with van der Waals surface area (Å²) in [5.74, 6) is 0. The van der Waals surface area contributed by atoms with Crippen molar-refractivity contribution in [2.45, 2.75) is 19.9 Å². The maximum atomic E-state index is 6.26. The van der Waals surface area contributed by atoms with E-state index in [0.717, 1.165) is 15.6 Å². The molecule has 0 saturated heterocycles. The zero-order chi connectivity index (χ0) is 12.4. The number of hydrogen-bond donors (Lipinski definition) is 1. The summed E-state index contributed by atoms with van der Waals surface area (Å²) in [5.41, 5.74) is 11.0. The maximum absolute atomic E-state index is 6.26. The second-order valence-electron chi connectivity index (χ2n) is 4.40. The van der Waals surface area contributed by atoms with Crippen molar-refractivity contribution in [3.8, 4) is 0 Å². The third-order valence-electron chi connectivity index (χ3n) is 2.99. The average Bonchev–Trinajstić information content (AvgIpc) is 2.33. The van der Waals surface area contributed by atoms with E-state index in [1.165, 1.54) is 11.1 Å². The van der Waals surface area contributed by atoms with Gasteiger partial charge in [-0.15, -0.1) is 0 Å². The second-order valence-corrected chi connectivity index (χ2v) is 5.25. The van der Waals surface area contributed by atoms with Crippen molar-refractivity contribution in [2.75, 3.05) is 0 Å². The van der Waals surface area contributed by atoms with Crippen molar-refractivity contribution in [1.82, 2.24) is 0 Å². The van der Waals surface area contributed by atoms with E-state index in [0.29, 0.717) is 0 Å². The zero-order valence-corrected chi connectivity index (χ0v) is 11.7. The van der Waals surface area contributed by atoms with E-state index in [1.807, 2.05) is 0 Å². The molecular formula is C15H16BrN. The Morgan fingerprint density at radius 1 is 0.941 bits per heavy atom. The lowest BCUT2D eigenvalue weighted by molar-refractivity contribution is 0.869. The Morgan fingerprint density at radius 2 is 1.53 bits per heavy atom. The molecule has 17 heavy (non-hydrogen) atoms. The standard InChI is InChI=1S/C15H16BrN/c1-10-3-6-12(7-4-10)15(17)13-8-5-11(2)14(16)9-13/h3-9,15H,17H2,1-2H3. The molecule has 0 fully saturated rings. The molecule has 0 heterocycles. The van der Waals surface area contributed by atoms with Gasteiger partial charge in [0, 0.05) is 4.47 Å². The zero-order valence-electron chi connectivity index (χ0n) is 10.1. The van der Waals surface area contributed by atoms with Crippen molar-refractivity contribution in [2.24, 2.45) is 5.73 Å². The summed E-state index contributed by atoms with van der Waals surface area (Å²) < 4.78 is 1.11. The highest BCUT2D eigenvalue weighted by Gasteiger charge is 2.09. The SMILES string of the molecule is Cc1ccc(C(N)c2ccc(C)c(Br)c2)cc1. The molecule has 0 aliphatic heterocycles. The second kappa shape index (κ2) is 5.03. The molecule has 0 aromatic heterocycles. The first-order valence-corrected chi connectivity index (χ1v) is 6.45. The highest BCUT2D eigenvalue weighted by molar-refractivity contribution is 9.10. The van der Waals surface area contributed by atoms with Gasteiger partial charge in [-0.1, -0.05) is 57.9 Å². The normalized spacial score (nSPS) is 12.5. The Labute approximate surface area is 111 Å². The summed E-state index contributed by atoms with van der Waals surface area (Å²) in [5, 5.41) is 0. The molecule has 2 N–H and O–H groups in total. The summed E-state index contributed by atoms with van der Waals surface area (Å²) in [6.45, 7) is 4.16. The summed E-state index contributed by atoms with van der Waals surface area (Å²) in [6, 6.07) is 14.6. The Kier molecular flexibility index (Phi) is 3.65. The molecule has 1 unspecified atom stereocenters. The van der Waals surface area contributed by atoms with Gasteiger partial charge in [-0.3, -0.25) is 0 Å². The molecule has 0 radical (unpaired) electrons. The molecule has 1 atom stereocenters. The van der Waals surface area contributed by atoms with Gasteiger partial charge in [-0.05, 0) is 36.6 Å². The van der Waals surface area contributed by atoms with Crippen LogP contribution in [0, 0.1) is 13.8 Å². The molecule has 0 amide bonds. The largest absolute Gasteiger partial charge is 0.320 e. The van der Waals surface area contributed by atoms with Crippen LogP contribution in [0.3, 0.4) is 0 Å². The van der Waals surface area contributed by atoms with Crippen LogP contribution in [0.2, 0.25) is 0 Å². The van der Waals surface area contributed by atoms with E-state index >= 15 is 0 Å². The predicted molar refractivity (Wildman–Crippen MR) is 76.1 cm³/mol. The molecule has 0 aliphatic rings. The monoisotopic (exact) mass is 289 g/mol. The van der Waals surface area contributed by atoms with Gasteiger partial charge in [-0.25, -0.2) is 0 Å². The van der Waals surface area contributed by atoms with E-state index in [-0.39, 0.29) is 6.04 Å². The summed E-state index contributed by atoms with van der Waals surface area (Å²) >= 11 is 3.54. The Morgan fingerprint density at radius 3 is 2.12 bits per heavy atom. The van der Waals surface area contributed by atoms with E-state index in [4.69, 9.17) is 5.73 Å². The third-order valence-corrected chi connectivity index (χ3v) is 3.85. The Bertz CT molecular complexity index is 517. The fraction of sp³-hybridized carbons (Fsp3) is 0.200. The van der Waals surface area contributed by atoms with Gasteiger partial charge >= 0.3 is 0 Å². The van der Waals surface area contributed by atoms with Crippen LogP contribution >= 0.6 is 15.9 Å². The molecule has 2 aromatic carbocycles. The van der Waals surface area contributed by atoms with Gasteiger partial charge in [0.1, 0.15) is 0 Å². The first kappa shape index (κ1) is 12.3. The molecule has 2 heteroatoms. The first-order chi connectivity index (χ1) is 8.08. The van der Waals surface area contributed by atoms with Gasteiger partial charge in [-0.2, -0.15) is 0 Å². The quantitative estimate of drug-likeness (QED) is 0.884. The van der Waals surface area contributed by atoms with Crippen LogP contribution in [-0.4, -0.2) is 0 Å². The van der Waals surface area contributed by atoms with Crippen molar-refractivity contribution in [1.29, 1.82) is 0 Å². The van der Waals surface area contributed by atoms with Gasteiger partial charge in [0.15, 0.2) is 0 Å². The molecule has 0 aliphatic carbocycles. The van der Waals surface area contributed by atoms with E-state index in [1.54, 1.807) is 0 Å². The minimum Gasteiger partial charge on any atom is -0.320 e. The number of nitrogens with two attached hydrogens (primary N) is 1. The molecule has 2 rings (SSSR count). The lowest BCUT2D eigenvalue weighted by atomic mass is 9.98. The van der Waals surface area contributed by atoms with Crippen LogP contribution in [0.25, 0.3) is 0 Å². The summed E-state index contributed by atoms with van der Waals surface area (Å²) in [7, 11) is 0. The number of benzene rings is 2. The Balaban J connectivity index is 2.33. The highest BCUT2D eigenvalue weighted by Crippen LogP contribution is 2.24. The van der Waals surface area contributed by atoms with Gasteiger partial charge in [0.2, 0.25) is 0 Å².